The summed E-state index contributed by atoms with van der Waals surface area (Å²) in [6, 6.07) is 9.58. The second-order valence-corrected chi connectivity index (χ2v) is 5.85. The minimum absolute atomic E-state index is 0.0327. The summed E-state index contributed by atoms with van der Waals surface area (Å²) in [4.78, 5) is 23.2. The first kappa shape index (κ1) is 19.8. The van der Waals surface area contributed by atoms with Crippen LogP contribution in [0.5, 0.6) is 11.5 Å². The van der Waals surface area contributed by atoms with Crippen LogP contribution in [0.4, 0.5) is 10.1 Å². The van der Waals surface area contributed by atoms with Gasteiger partial charge in [0.25, 0.3) is 11.6 Å². The second-order valence-electron chi connectivity index (χ2n) is 5.85. The fourth-order valence-electron chi connectivity index (χ4n) is 2.61. The first-order valence-corrected chi connectivity index (χ1v) is 8.33. The number of hydrogen-bond acceptors (Lipinski definition) is 7. The third kappa shape index (κ3) is 4.32. The molecular formula is C19H16FN3O6. The van der Waals surface area contributed by atoms with E-state index in [1.165, 1.54) is 44.6 Å². The molecule has 0 aliphatic rings. The molecule has 0 spiro atoms. The lowest BCUT2D eigenvalue weighted by molar-refractivity contribution is -0.385. The molecule has 9 nitrogen and oxygen atoms in total. The molecule has 2 aromatic carbocycles. The van der Waals surface area contributed by atoms with Crippen LogP contribution in [0.2, 0.25) is 0 Å². The van der Waals surface area contributed by atoms with Gasteiger partial charge in [-0.1, -0.05) is 5.16 Å². The largest absolute Gasteiger partial charge is 0.493 e. The molecule has 0 aliphatic carbocycles. The second kappa shape index (κ2) is 8.38. The SMILES string of the molecule is COc1cc(C(=O)NCc2cc(-c3ccc(F)cc3)on2)c([N+](=O)[O-])cc1OC. The third-order valence-corrected chi connectivity index (χ3v) is 4.06. The minimum atomic E-state index is -0.691. The normalized spacial score (nSPS) is 10.4. The van der Waals surface area contributed by atoms with Gasteiger partial charge in [0.15, 0.2) is 17.3 Å². The van der Waals surface area contributed by atoms with Gasteiger partial charge in [-0.3, -0.25) is 14.9 Å². The molecular weight excluding hydrogens is 385 g/mol. The van der Waals surface area contributed by atoms with E-state index in [0.717, 1.165) is 6.07 Å². The Morgan fingerprint density at radius 3 is 2.45 bits per heavy atom. The van der Waals surface area contributed by atoms with E-state index in [4.69, 9.17) is 14.0 Å². The lowest BCUT2D eigenvalue weighted by atomic mass is 10.1. The zero-order valence-corrected chi connectivity index (χ0v) is 15.5. The number of nitrogens with one attached hydrogen (secondary N) is 1. The highest BCUT2D eigenvalue weighted by molar-refractivity contribution is 5.99. The van der Waals surface area contributed by atoms with Crippen LogP contribution in [0.3, 0.4) is 0 Å². The van der Waals surface area contributed by atoms with Crippen molar-refractivity contribution in [3.8, 4) is 22.8 Å². The Kier molecular flexibility index (Phi) is 5.72. The van der Waals surface area contributed by atoms with E-state index in [0.29, 0.717) is 17.0 Å². The molecule has 10 heteroatoms. The molecule has 3 aromatic rings. The average Bonchev–Trinajstić information content (AvgIpc) is 3.20. The molecule has 0 bridgehead atoms. The predicted molar refractivity (Wildman–Crippen MR) is 99.3 cm³/mol. The van der Waals surface area contributed by atoms with Crippen molar-refractivity contribution in [1.82, 2.24) is 10.5 Å². The first-order valence-electron chi connectivity index (χ1n) is 8.33. The molecule has 150 valence electrons. The Labute approximate surface area is 164 Å². The van der Waals surface area contributed by atoms with Crippen molar-refractivity contribution in [2.45, 2.75) is 6.54 Å². The van der Waals surface area contributed by atoms with E-state index < -0.39 is 16.5 Å². The number of methoxy groups -OCH3 is 2. The molecule has 0 unspecified atom stereocenters. The highest BCUT2D eigenvalue weighted by Crippen LogP contribution is 2.34. The molecule has 1 aromatic heterocycles. The predicted octanol–water partition coefficient (Wildman–Crippen LogP) is 3.34. The maximum Gasteiger partial charge on any atom is 0.286 e. The topological polar surface area (TPSA) is 117 Å². The summed E-state index contributed by atoms with van der Waals surface area (Å²) in [6.45, 7) is -0.0327. The fraction of sp³-hybridized carbons (Fsp3) is 0.158. The third-order valence-electron chi connectivity index (χ3n) is 4.06. The lowest BCUT2D eigenvalue weighted by Crippen LogP contribution is -2.24. The number of halogens is 1. The van der Waals surface area contributed by atoms with Crippen LogP contribution in [0.25, 0.3) is 11.3 Å². The van der Waals surface area contributed by atoms with Crippen molar-refractivity contribution in [1.29, 1.82) is 0 Å². The Balaban J connectivity index is 1.77. The van der Waals surface area contributed by atoms with Gasteiger partial charge < -0.3 is 19.3 Å². The van der Waals surface area contributed by atoms with Crippen molar-refractivity contribution in [3.63, 3.8) is 0 Å². The van der Waals surface area contributed by atoms with Crippen molar-refractivity contribution >= 4 is 11.6 Å². The van der Waals surface area contributed by atoms with Crippen LogP contribution >= 0.6 is 0 Å². The van der Waals surface area contributed by atoms with Crippen molar-refractivity contribution in [2.24, 2.45) is 0 Å². The molecule has 0 fully saturated rings. The number of nitro groups is 1. The van der Waals surface area contributed by atoms with Crippen LogP contribution in [0.1, 0.15) is 16.1 Å². The van der Waals surface area contributed by atoms with Gasteiger partial charge in [0.05, 0.1) is 31.8 Å². The Morgan fingerprint density at radius 1 is 1.17 bits per heavy atom. The Morgan fingerprint density at radius 2 is 1.83 bits per heavy atom. The number of carbonyl (C=O) groups excluding carboxylic acids is 1. The van der Waals surface area contributed by atoms with Crippen LogP contribution in [0.15, 0.2) is 47.0 Å². The highest BCUT2D eigenvalue weighted by atomic mass is 19.1. The zero-order chi connectivity index (χ0) is 21.0. The molecule has 0 aliphatic heterocycles. The van der Waals surface area contributed by atoms with E-state index in [9.17, 15) is 19.3 Å². The fourth-order valence-corrected chi connectivity index (χ4v) is 2.61. The lowest BCUT2D eigenvalue weighted by Gasteiger charge is -2.10. The molecule has 1 heterocycles. The minimum Gasteiger partial charge on any atom is -0.493 e. The Hall–Kier alpha value is -3.95. The number of nitrogens with zero attached hydrogens (tertiary/aromatic N) is 2. The van der Waals surface area contributed by atoms with E-state index in [1.54, 1.807) is 6.07 Å². The van der Waals surface area contributed by atoms with Crippen LogP contribution in [-0.4, -0.2) is 30.2 Å². The van der Waals surface area contributed by atoms with Crippen LogP contribution < -0.4 is 14.8 Å². The van der Waals surface area contributed by atoms with E-state index in [-0.39, 0.29) is 29.4 Å². The quantitative estimate of drug-likeness (QED) is 0.477. The van der Waals surface area contributed by atoms with Gasteiger partial charge in [-0.25, -0.2) is 4.39 Å². The number of benzene rings is 2. The number of amides is 1. The smallest absolute Gasteiger partial charge is 0.286 e. The van der Waals surface area contributed by atoms with E-state index >= 15 is 0 Å². The van der Waals surface area contributed by atoms with Crippen LogP contribution in [-0.2, 0) is 6.54 Å². The summed E-state index contributed by atoms with van der Waals surface area (Å²) in [6.07, 6.45) is 0. The Bertz CT molecular complexity index is 1050. The number of aromatic nitrogens is 1. The van der Waals surface area contributed by atoms with Gasteiger partial charge in [-0.2, -0.15) is 0 Å². The van der Waals surface area contributed by atoms with E-state index in [1.807, 2.05) is 0 Å². The molecule has 1 N–H and O–H groups in total. The number of hydrogen-bond donors (Lipinski definition) is 1. The molecule has 0 saturated carbocycles. The standard InChI is InChI=1S/C19H16FN3O6/c1-27-17-8-14(15(23(25)26)9-18(17)28-2)19(24)21-10-13-7-16(29-22-13)11-3-5-12(20)6-4-11/h3-9H,10H2,1-2H3,(H,21,24). The highest BCUT2D eigenvalue weighted by Gasteiger charge is 2.24. The zero-order valence-electron chi connectivity index (χ0n) is 15.5. The van der Waals surface area contributed by atoms with Gasteiger partial charge in [0.2, 0.25) is 0 Å². The van der Waals surface area contributed by atoms with Crippen molar-refractivity contribution < 1.29 is 28.1 Å². The number of ether oxygens (including phenoxy) is 2. The maximum atomic E-state index is 13.0. The van der Waals surface area contributed by atoms with E-state index in [2.05, 4.69) is 10.5 Å². The van der Waals surface area contributed by atoms with Gasteiger partial charge in [0.1, 0.15) is 17.1 Å². The van der Waals surface area contributed by atoms with Crippen molar-refractivity contribution in [3.05, 3.63) is 69.7 Å². The van der Waals surface area contributed by atoms with Gasteiger partial charge in [-0.15, -0.1) is 0 Å². The van der Waals surface area contributed by atoms with Gasteiger partial charge in [-0.05, 0) is 24.3 Å². The summed E-state index contributed by atoms with van der Waals surface area (Å²) in [5, 5.41) is 17.7. The molecule has 0 atom stereocenters. The number of rotatable bonds is 7. The van der Waals surface area contributed by atoms with Crippen LogP contribution in [0, 0.1) is 15.9 Å². The average molecular weight is 401 g/mol. The number of nitro benzene ring substituents is 1. The van der Waals surface area contributed by atoms with Gasteiger partial charge >= 0.3 is 0 Å². The summed E-state index contributed by atoms with van der Waals surface area (Å²) in [7, 11) is 2.70. The molecule has 29 heavy (non-hydrogen) atoms. The summed E-state index contributed by atoms with van der Waals surface area (Å²) in [5.41, 5.74) is 0.398. The molecule has 0 radical (unpaired) electrons. The molecule has 3 rings (SSSR count). The molecule has 1 amide bonds. The maximum absolute atomic E-state index is 13.0. The summed E-state index contributed by atoms with van der Waals surface area (Å²) in [5.74, 6) is -0.355. The summed E-state index contributed by atoms with van der Waals surface area (Å²) >= 11 is 0. The van der Waals surface area contributed by atoms with Crippen molar-refractivity contribution in [2.75, 3.05) is 14.2 Å². The number of carbonyl (C=O) groups is 1. The summed E-state index contributed by atoms with van der Waals surface area (Å²) < 4.78 is 28.3. The van der Waals surface area contributed by atoms with Gasteiger partial charge in [0, 0.05) is 17.7 Å². The molecule has 0 saturated heterocycles. The monoisotopic (exact) mass is 401 g/mol. The first-order chi connectivity index (χ1) is 13.9.